The van der Waals surface area contributed by atoms with E-state index in [2.05, 4.69) is 43.5 Å². The van der Waals surface area contributed by atoms with Crippen molar-refractivity contribution in [3.05, 3.63) is 12.4 Å². The number of hydrogen-bond acceptors (Lipinski definition) is 2. The van der Waals surface area contributed by atoms with Gasteiger partial charge >= 0.3 is 0 Å². The summed E-state index contributed by atoms with van der Waals surface area (Å²) < 4.78 is 2.22. The molecular formula is C11H18BrN3. The van der Waals surface area contributed by atoms with Crippen molar-refractivity contribution in [2.24, 2.45) is 0 Å². The Morgan fingerprint density at radius 2 is 2.40 bits per heavy atom. The van der Waals surface area contributed by atoms with Crippen molar-refractivity contribution in [1.29, 1.82) is 0 Å². The molecular weight excluding hydrogens is 254 g/mol. The first-order chi connectivity index (χ1) is 7.36. The number of halogens is 1. The molecule has 0 aromatic carbocycles. The van der Waals surface area contributed by atoms with Crippen LogP contribution in [0, 0.1) is 0 Å². The standard InChI is InChI=1S/C11H18BrN3/c1-2-14-8-6-13-11(14)15-7-4-3-5-10(15)9-12/h6,8,10H,2-5,7,9H2,1H3. The van der Waals surface area contributed by atoms with Crippen LogP contribution in [0.25, 0.3) is 0 Å². The summed E-state index contributed by atoms with van der Waals surface area (Å²) in [6.45, 7) is 4.31. The number of nitrogens with zero attached hydrogens (tertiary/aromatic N) is 3. The van der Waals surface area contributed by atoms with Gasteiger partial charge in [0, 0.05) is 36.9 Å². The summed E-state index contributed by atoms with van der Waals surface area (Å²) in [4.78, 5) is 6.92. The molecule has 1 aliphatic heterocycles. The third-order valence-corrected chi connectivity index (χ3v) is 3.84. The van der Waals surface area contributed by atoms with Crippen LogP contribution in [0.15, 0.2) is 12.4 Å². The smallest absolute Gasteiger partial charge is 0.205 e. The number of rotatable bonds is 3. The summed E-state index contributed by atoms with van der Waals surface area (Å²) in [6, 6.07) is 0.617. The largest absolute Gasteiger partial charge is 0.338 e. The van der Waals surface area contributed by atoms with Crippen LogP contribution >= 0.6 is 15.9 Å². The second-order valence-corrected chi connectivity index (χ2v) is 4.66. The van der Waals surface area contributed by atoms with E-state index >= 15 is 0 Å². The van der Waals surface area contributed by atoms with Gasteiger partial charge in [-0.15, -0.1) is 0 Å². The van der Waals surface area contributed by atoms with Gasteiger partial charge in [0.25, 0.3) is 0 Å². The van der Waals surface area contributed by atoms with E-state index < -0.39 is 0 Å². The van der Waals surface area contributed by atoms with Crippen LogP contribution < -0.4 is 4.90 Å². The maximum Gasteiger partial charge on any atom is 0.205 e. The van der Waals surface area contributed by atoms with Crippen molar-refractivity contribution >= 4 is 21.9 Å². The molecule has 1 aliphatic rings. The highest BCUT2D eigenvalue weighted by atomic mass is 79.9. The Morgan fingerprint density at radius 1 is 1.53 bits per heavy atom. The van der Waals surface area contributed by atoms with Crippen molar-refractivity contribution in [3.8, 4) is 0 Å². The average molecular weight is 272 g/mol. The van der Waals surface area contributed by atoms with Gasteiger partial charge in [-0.25, -0.2) is 4.98 Å². The molecule has 1 fully saturated rings. The topological polar surface area (TPSA) is 21.1 Å². The van der Waals surface area contributed by atoms with Gasteiger partial charge in [-0.3, -0.25) is 0 Å². The first-order valence-electron chi connectivity index (χ1n) is 5.70. The number of aryl methyl sites for hydroxylation is 1. The Balaban J connectivity index is 2.20. The molecule has 1 aromatic rings. The van der Waals surface area contributed by atoms with E-state index in [1.54, 1.807) is 0 Å². The van der Waals surface area contributed by atoms with Crippen molar-refractivity contribution in [2.75, 3.05) is 16.8 Å². The van der Waals surface area contributed by atoms with Crippen molar-refractivity contribution in [3.63, 3.8) is 0 Å². The van der Waals surface area contributed by atoms with Crippen LogP contribution in [0.3, 0.4) is 0 Å². The molecule has 0 N–H and O–H groups in total. The van der Waals surface area contributed by atoms with E-state index in [1.807, 2.05) is 6.20 Å². The highest BCUT2D eigenvalue weighted by Crippen LogP contribution is 2.24. The monoisotopic (exact) mass is 271 g/mol. The van der Waals surface area contributed by atoms with Crippen LogP contribution in [-0.2, 0) is 6.54 Å². The number of anilines is 1. The fraction of sp³-hybridized carbons (Fsp3) is 0.727. The fourth-order valence-electron chi connectivity index (χ4n) is 2.23. The van der Waals surface area contributed by atoms with E-state index in [9.17, 15) is 0 Å². The van der Waals surface area contributed by atoms with Gasteiger partial charge in [-0.2, -0.15) is 0 Å². The predicted octanol–water partition coefficient (Wildman–Crippen LogP) is 2.66. The summed E-state index contributed by atoms with van der Waals surface area (Å²) in [6.07, 6.45) is 7.88. The maximum atomic E-state index is 4.48. The number of piperidine rings is 1. The lowest BCUT2D eigenvalue weighted by Crippen LogP contribution is -2.42. The van der Waals surface area contributed by atoms with Gasteiger partial charge in [0.05, 0.1) is 0 Å². The second-order valence-electron chi connectivity index (χ2n) is 4.01. The lowest BCUT2D eigenvalue weighted by Gasteiger charge is -2.35. The minimum absolute atomic E-state index is 0.617. The molecule has 0 aliphatic carbocycles. The molecule has 15 heavy (non-hydrogen) atoms. The molecule has 0 amide bonds. The molecule has 4 heteroatoms. The summed E-state index contributed by atoms with van der Waals surface area (Å²) in [5.41, 5.74) is 0. The summed E-state index contributed by atoms with van der Waals surface area (Å²) in [7, 11) is 0. The molecule has 1 unspecified atom stereocenters. The quantitative estimate of drug-likeness (QED) is 0.789. The lowest BCUT2D eigenvalue weighted by molar-refractivity contribution is 0.476. The Kier molecular flexibility index (Phi) is 3.67. The lowest BCUT2D eigenvalue weighted by atomic mass is 10.0. The average Bonchev–Trinajstić information content (AvgIpc) is 2.76. The number of imidazole rings is 1. The van der Waals surface area contributed by atoms with Crippen LogP contribution in [0.2, 0.25) is 0 Å². The SMILES string of the molecule is CCn1ccnc1N1CCCCC1CBr. The molecule has 1 saturated heterocycles. The summed E-state index contributed by atoms with van der Waals surface area (Å²) in [5, 5.41) is 1.05. The summed E-state index contributed by atoms with van der Waals surface area (Å²) in [5.74, 6) is 1.14. The molecule has 1 atom stereocenters. The first kappa shape index (κ1) is 11.0. The molecule has 2 heterocycles. The molecule has 0 radical (unpaired) electrons. The minimum Gasteiger partial charge on any atom is -0.338 e. The highest BCUT2D eigenvalue weighted by Gasteiger charge is 2.24. The van der Waals surface area contributed by atoms with Crippen molar-refractivity contribution in [1.82, 2.24) is 9.55 Å². The minimum atomic E-state index is 0.617. The van der Waals surface area contributed by atoms with Crippen LogP contribution in [0.1, 0.15) is 26.2 Å². The van der Waals surface area contributed by atoms with Gasteiger partial charge < -0.3 is 9.47 Å². The van der Waals surface area contributed by atoms with Gasteiger partial charge in [-0.1, -0.05) is 15.9 Å². The van der Waals surface area contributed by atoms with Crippen molar-refractivity contribution in [2.45, 2.75) is 38.8 Å². The van der Waals surface area contributed by atoms with Crippen LogP contribution in [0.4, 0.5) is 5.95 Å². The fourth-order valence-corrected chi connectivity index (χ4v) is 2.90. The van der Waals surface area contributed by atoms with E-state index in [0.717, 1.165) is 24.4 Å². The Labute approximate surface area is 99.6 Å². The van der Waals surface area contributed by atoms with E-state index in [1.165, 1.54) is 19.3 Å². The number of alkyl halides is 1. The van der Waals surface area contributed by atoms with Gasteiger partial charge in [0.1, 0.15) is 0 Å². The molecule has 0 bridgehead atoms. The zero-order valence-electron chi connectivity index (χ0n) is 9.19. The van der Waals surface area contributed by atoms with E-state index in [-0.39, 0.29) is 0 Å². The number of hydrogen-bond donors (Lipinski definition) is 0. The maximum absolute atomic E-state index is 4.48. The number of aromatic nitrogens is 2. The van der Waals surface area contributed by atoms with Gasteiger partial charge in [0.2, 0.25) is 5.95 Å². The van der Waals surface area contributed by atoms with Gasteiger partial charge in [-0.05, 0) is 26.2 Å². The third kappa shape index (κ3) is 2.19. The third-order valence-electron chi connectivity index (χ3n) is 3.10. The predicted molar refractivity (Wildman–Crippen MR) is 66.7 cm³/mol. The molecule has 84 valence electrons. The Morgan fingerprint density at radius 3 is 3.13 bits per heavy atom. The first-order valence-corrected chi connectivity index (χ1v) is 6.82. The van der Waals surface area contributed by atoms with Gasteiger partial charge in [0.15, 0.2) is 0 Å². The molecule has 0 saturated carbocycles. The zero-order chi connectivity index (χ0) is 10.7. The van der Waals surface area contributed by atoms with E-state index in [0.29, 0.717) is 6.04 Å². The second kappa shape index (κ2) is 5.01. The van der Waals surface area contributed by atoms with Crippen LogP contribution in [-0.4, -0.2) is 27.5 Å². The molecule has 2 rings (SSSR count). The Hall–Kier alpha value is -0.510. The molecule has 1 aromatic heterocycles. The van der Waals surface area contributed by atoms with Crippen LogP contribution in [0.5, 0.6) is 0 Å². The zero-order valence-corrected chi connectivity index (χ0v) is 10.8. The Bertz CT molecular complexity index is 311. The highest BCUT2D eigenvalue weighted by molar-refractivity contribution is 9.09. The summed E-state index contributed by atoms with van der Waals surface area (Å²) >= 11 is 3.60. The normalized spacial score (nSPS) is 22.0. The molecule has 3 nitrogen and oxygen atoms in total. The van der Waals surface area contributed by atoms with Crippen molar-refractivity contribution < 1.29 is 0 Å². The molecule has 0 spiro atoms. The van der Waals surface area contributed by atoms with E-state index in [4.69, 9.17) is 0 Å².